The number of hydrogen-bond donors (Lipinski definition) is 2. The second-order valence-corrected chi connectivity index (χ2v) is 6.82. The number of ether oxygens (including phenoxy) is 1. The maximum atomic E-state index is 12.5. The van der Waals surface area contributed by atoms with Crippen LogP contribution in [0.2, 0.25) is 0 Å². The molecule has 0 aliphatic heterocycles. The first-order valence-corrected chi connectivity index (χ1v) is 9.35. The zero-order chi connectivity index (χ0) is 21.4. The summed E-state index contributed by atoms with van der Waals surface area (Å²) in [5, 5.41) is 11.9. The predicted octanol–water partition coefficient (Wildman–Crippen LogP) is 2.66. The molecule has 0 aliphatic rings. The van der Waals surface area contributed by atoms with E-state index < -0.39 is 5.97 Å². The Labute approximate surface area is 170 Å². The Balaban J connectivity index is 2.06. The van der Waals surface area contributed by atoms with Gasteiger partial charge in [0.1, 0.15) is 5.75 Å². The zero-order valence-corrected chi connectivity index (χ0v) is 16.8. The Morgan fingerprint density at radius 2 is 1.72 bits per heavy atom. The maximum absolute atomic E-state index is 12.5. The normalized spacial score (nSPS) is 11.4. The number of carbonyl (C=O) groups is 3. The van der Waals surface area contributed by atoms with Gasteiger partial charge in [0, 0.05) is 19.7 Å². The summed E-state index contributed by atoms with van der Waals surface area (Å²) >= 11 is 0. The highest BCUT2D eigenvalue weighted by atomic mass is 16.5. The van der Waals surface area contributed by atoms with Crippen molar-refractivity contribution in [2.75, 3.05) is 20.7 Å². The van der Waals surface area contributed by atoms with Crippen molar-refractivity contribution in [3.05, 3.63) is 65.2 Å². The highest BCUT2D eigenvalue weighted by Crippen LogP contribution is 2.27. The number of nitrogens with one attached hydrogen (secondary N) is 1. The summed E-state index contributed by atoms with van der Waals surface area (Å²) in [6.45, 7) is 1.87. The summed E-state index contributed by atoms with van der Waals surface area (Å²) in [5.74, 6) is -0.780. The van der Waals surface area contributed by atoms with E-state index in [0.29, 0.717) is 12.2 Å². The van der Waals surface area contributed by atoms with Gasteiger partial charge in [-0.3, -0.25) is 9.59 Å². The Morgan fingerprint density at radius 3 is 2.31 bits per heavy atom. The van der Waals surface area contributed by atoms with Crippen molar-refractivity contribution in [1.29, 1.82) is 0 Å². The van der Waals surface area contributed by atoms with Crippen molar-refractivity contribution in [3.8, 4) is 5.75 Å². The van der Waals surface area contributed by atoms with Crippen molar-refractivity contribution in [2.24, 2.45) is 0 Å². The van der Waals surface area contributed by atoms with Gasteiger partial charge in [0.15, 0.2) is 6.61 Å². The number of carboxylic acids is 1. The van der Waals surface area contributed by atoms with Crippen LogP contribution >= 0.6 is 0 Å². The van der Waals surface area contributed by atoms with E-state index in [2.05, 4.69) is 5.32 Å². The van der Waals surface area contributed by atoms with E-state index in [1.54, 1.807) is 32.3 Å². The molecular weight excluding hydrogens is 372 g/mol. The number of para-hydroxylation sites is 1. The van der Waals surface area contributed by atoms with E-state index in [9.17, 15) is 14.4 Å². The molecule has 2 amide bonds. The van der Waals surface area contributed by atoms with E-state index in [-0.39, 0.29) is 36.4 Å². The summed E-state index contributed by atoms with van der Waals surface area (Å²) in [5.41, 5.74) is 1.71. The first kappa shape index (κ1) is 21.9. The number of nitrogens with zero attached hydrogens (tertiary/aromatic N) is 1. The molecule has 2 rings (SSSR count). The van der Waals surface area contributed by atoms with Crippen molar-refractivity contribution >= 4 is 17.8 Å². The molecule has 0 aromatic heterocycles. The van der Waals surface area contributed by atoms with E-state index in [1.807, 2.05) is 25.1 Å². The molecule has 0 bridgehead atoms. The van der Waals surface area contributed by atoms with Gasteiger partial charge in [-0.2, -0.15) is 0 Å². The van der Waals surface area contributed by atoms with Gasteiger partial charge in [0.2, 0.25) is 5.91 Å². The van der Waals surface area contributed by atoms with Crippen LogP contribution < -0.4 is 10.1 Å². The minimum absolute atomic E-state index is 0.0790. The maximum Gasteiger partial charge on any atom is 0.335 e. The molecule has 0 fully saturated rings. The van der Waals surface area contributed by atoms with E-state index >= 15 is 0 Å². The molecular formula is C22H26N2O5. The van der Waals surface area contributed by atoms with Crippen molar-refractivity contribution in [1.82, 2.24) is 10.2 Å². The number of benzene rings is 2. The number of carboxylic acid groups (broad SMARTS) is 1. The number of hydrogen-bond acceptors (Lipinski definition) is 4. The fourth-order valence-electron chi connectivity index (χ4n) is 2.76. The molecule has 29 heavy (non-hydrogen) atoms. The van der Waals surface area contributed by atoms with Crippen LogP contribution in [0, 0.1) is 0 Å². The summed E-state index contributed by atoms with van der Waals surface area (Å²) < 4.78 is 5.68. The van der Waals surface area contributed by atoms with E-state index in [0.717, 1.165) is 11.1 Å². The first-order chi connectivity index (χ1) is 13.8. The Morgan fingerprint density at radius 1 is 1.07 bits per heavy atom. The first-order valence-electron chi connectivity index (χ1n) is 9.35. The monoisotopic (exact) mass is 398 g/mol. The molecule has 0 heterocycles. The third-order valence-corrected chi connectivity index (χ3v) is 4.45. The smallest absolute Gasteiger partial charge is 0.335 e. The van der Waals surface area contributed by atoms with Crippen molar-refractivity contribution in [2.45, 2.75) is 25.8 Å². The molecule has 1 unspecified atom stereocenters. The predicted molar refractivity (Wildman–Crippen MR) is 109 cm³/mol. The quantitative estimate of drug-likeness (QED) is 0.677. The topological polar surface area (TPSA) is 95.9 Å². The van der Waals surface area contributed by atoms with Crippen LogP contribution in [-0.2, 0) is 16.0 Å². The third kappa shape index (κ3) is 6.34. The fourth-order valence-corrected chi connectivity index (χ4v) is 2.76. The second-order valence-electron chi connectivity index (χ2n) is 6.82. The molecule has 0 radical (unpaired) electrons. The van der Waals surface area contributed by atoms with Crippen molar-refractivity contribution in [3.63, 3.8) is 0 Å². The number of rotatable bonds is 9. The van der Waals surface area contributed by atoms with Crippen LogP contribution in [-0.4, -0.2) is 48.5 Å². The molecule has 2 N–H and O–H groups in total. The fraction of sp³-hybridized carbons (Fsp3) is 0.318. The van der Waals surface area contributed by atoms with Gasteiger partial charge in [-0.05, 0) is 30.2 Å². The number of amides is 2. The highest BCUT2D eigenvalue weighted by molar-refractivity contribution is 5.87. The molecule has 0 aliphatic carbocycles. The average molecular weight is 398 g/mol. The minimum atomic E-state index is -1.00. The van der Waals surface area contributed by atoms with Crippen molar-refractivity contribution < 1.29 is 24.2 Å². The lowest BCUT2D eigenvalue weighted by Crippen LogP contribution is -2.30. The number of carbonyl (C=O) groups excluding carboxylic acids is 2. The molecule has 0 saturated carbocycles. The molecule has 154 valence electrons. The van der Waals surface area contributed by atoms with Gasteiger partial charge in [0.25, 0.3) is 5.91 Å². The molecule has 7 nitrogen and oxygen atoms in total. The van der Waals surface area contributed by atoms with Gasteiger partial charge in [-0.25, -0.2) is 4.79 Å². The molecule has 0 spiro atoms. The Kier molecular flexibility index (Phi) is 7.77. The molecule has 1 atom stereocenters. The van der Waals surface area contributed by atoms with E-state index in [1.165, 1.54) is 17.0 Å². The number of aromatic carboxylic acids is 1. The Bertz CT molecular complexity index is 862. The minimum Gasteiger partial charge on any atom is -0.483 e. The van der Waals surface area contributed by atoms with Crippen LogP contribution in [0.15, 0.2) is 48.5 Å². The summed E-state index contributed by atoms with van der Waals surface area (Å²) in [6, 6.07) is 13.3. The van der Waals surface area contributed by atoms with Gasteiger partial charge in [0.05, 0.1) is 18.0 Å². The van der Waals surface area contributed by atoms with Gasteiger partial charge in [-0.15, -0.1) is 0 Å². The SMILES string of the molecule is CCC(NC(=O)Cc1ccc(C(=O)O)cc1)c1ccccc1OCC(=O)N(C)C. The third-order valence-electron chi connectivity index (χ3n) is 4.45. The van der Waals surface area contributed by atoms with Crippen LogP contribution in [0.1, 0.15) is 40.9 Å². The lowest BCUT2D eigenvalue weighted by atomic mass is 10.0. The summed E-state index contributed by atoms with van der Waals surface area (Å²) in [4.78, 5) is 36.7. The van der Waals surface area contributed by atoms with Gasteiger partial charge >= 0.3 is 5.97 Å². The molecule has 2 aromatic rings. The molecule has 0 saturated heterocycles. The highest BCUT2D eigenvalue weighted by Gasteiger charge is 2.18. The zero-order valence-electron chi connectivity index (χ0n) is 16.8. The van der Waals surface area contributed by atoms with Crippen LogP contribution in [0.25, 0.3) is 0 Å². The second kappa shape index (κ2) is 10.3. The van der Waals surface area contributed by atoms with Gasteiger partial charge < -0.3 is 20.1 Å². The van der Waals surface area contributed by atoms with Crippen LogP contribution in [0.3, 0.4) is 0 Å². The lowest BCUT2D eigenvalue weighted by Gasteiger charge is -2.21. The molecule has 2 aromatic carbocycles. The Hall–Kier alpha value is -3.35. The van der Waals surface area contributed by atoms with E-state index in [4.69, 9.17) is 9.84 Å². The standard InChI is InChI=1S/C22H26N2O5/c1-4-18(17-7-5-6-8-19(17)29-14-21(26)24(2)3)23-20(25)13-15-9-11-16(12-10-15)22(27)28/h5-12,18H,4,13-14H2,1-3H3,(H,23,25)(H,27,28). The lowest BCUT2D eigenvalue weighted by molar-refractivity contribution is -0.130. The largest absolute Gasteiger partial charge is 0.483 e. The van der Waals surface area contributed by atoms with Gasteiger partial charge in [-0.1, -0.05) is 37.3 Å². The summed E-state index contributed by atoms with van der Waals surface area (Å²) in [7, 11) is 3.32. The molecule has 7 heteroatoms. The van der Waals surface area contributed by atoms with Crippen LogP contribution in [0.5, 0.6) is 5.75 Å². The number of likely N-dealkylation sites (N-methyl/N-ethyl adjacent to an activating group) is 1. The van der Waals surface area contributed by atoms with Crippen LogP contribution in [0.4, 0.5) is 0 Å². The average Bonchev–Trinajstić information content (AvgIpc) is 2.70. The summed E-state index contributed by atoms with van der Waals surface area (Å²) in [6.07, 6.45) is 0.782.